The van der Waals surface area contributed by atoms with Crippen LogP contribution in [-0.4, -0.2) is 54.8 Å². The van der Waals surface area contributed by atoms with E-state index in [1.807, 2.05) is 0 Å². The van der Waals surface area contributed by atoms with Gasteiger partial charge < -0.3 is 19.5 Å². The number of carbonyl (C=O) groups excluding carboxylic acids is 1. The standard InChI is InChI=1S/C15H18ClNO5/c1-21-11-6-10(7-14(18)19)17(8-11)15(20)9-3-4-12(16)13(5-9)22-2/h3-5,10-11H,6-8H2,1-2H3,(H,18,19). The number of halogens is 1. The van der Waals surface area contributed by atoms with Crippen molar-refractivity contribution in [3.05, 3.63) is 28.8 Å². The highest BCUT2D eigenvalue weighted by Gasteiger charge is 2.37. The number of hydrogen-bond acceptors (Lipinski definition) is 4. The quantitative estimate of drug-likeness (QED) is 0.895. The van der Waals surface area contributed by atoms with Gasteiger partial charge in [0.15, 0.2) is 0 Å². The number of aliphatic carboxylic acids is 1. The van der Waals surface area contributed by atoms with E-state index in [1.54, 1.807) is 30.2 Å². The van der Waals surface area contributed by atoms with Gasteiger partial charge in [0.1, 0.15) is 5.75 Å². The number of rotatable bonds is 5. The molecular formula is C15H18ClNO5. The Labute approximate surface area is 133 Å². The number of methoxy groups -OCH3 is 2. The van der Waals surface area contributed by atoms with Crippen LogP contribution in [0.15, 0.2) is 18.2 Å². The summed E-state index contributed by atoms with van der Waals surface area (Å²) in [5, 5.41) is 9.42. The van der Waals surface area contributed by atoms with E-state index in [2.05, 4.69) is 0 Å². The topological polar surface area (TPSA) is 76.1 Å². The van der Waals surface area contributed by atoms with Gasteiger partial charge in [-0.25, -0.2) is 0 Å². The monoisotopic (exact) mass is 327 g/mol. The lowest BCUT2D eigenvalue weighted by molar-refractivity contribution is -0.137. The second-order valence-electron chi connectivity index (χ2n) is 5.15. The third-order valence-corrected chi connectivity index (χ3v) is 4.09. The summed E-state index contributed by atoms with van der Waals surface area (Å²) in [5.41, 5.74) is 0.411. The number of ether oxygens (including phenoxy) is 2. The highest BCUT2D eigenvalue weighted by Crippen LogP contribution is 2.29. The first-order chi connectivity index (χ1) is 10.5. The zero-order valence-corrected chi connectivity index (χ0v) is 13.2. The largest absolute Gasteiger partial charge is 0.495 e. The summed E-state index contributed by atoms with van der Waals surface area (Å²) in [6, 6.07) is 4.37. The molecule has 1 aliphatic rings. The van der Waals surface area contributed by atoms with Gasteiger partial charge in [0.25, 0.3) is 5.91 Å². The maximum absolute atomic E-state index is 12.7. The maximum Gasteiger partial charge on any atom is 0.305 e. The second-order valence-corrected chi connectivity index (χ2v) is 5.56. The summed E-state index contributed by atoms with van der Waals surface area (Å²) in [7, 11) is 3.03. The molecule has 1 N–H and O–H groups in total. The lowest BCUT2D eigenvalue weighted by Gasteiger charge is -2.23. The molecule has 1 heterocycles. The number of carboxylic acid groups (broad SMARTS) is 1. The third-order valence-electron chi connectivity index (χ3n) is 3.78. The fourth-order valence-electron chi connectivity index (χ4n) is 2.65. The molecule has 120 valence electrons. The van der Waals surface area contributed by atoms with Crippen LogP contribution in [0.4, 0.5) is 0 Å². The number of benzene rings is 1. The molecule has 2 rings (SSSR count). The van der Waals surface area contributed by atoms with Crippen molar-refractivity contribution in [2.45, 2.75) is 25.0 Å². The number of hydrogen-bond donors (Lipinski definition) is 1. The van der Waals surface area contributed by atoms with E-state index in [4.69, 9.17) is 26.2 Å². The molecule has 0 spiro atoms. The summed E-state index contributed by atoms with van der Waals surface area (Å²) in [6.45, 7) is 0.373. The minimum Gasteiger partial charge on any atom is -0.495 e. The number of carbonyl (C=O) groups is 2. The predicted octanol–water partition coefficient (Wildman–Crippen LogP) is 2.05. The van der Waals surface area contributed by atoms with Crippen LogP contribution in [0.25, 0.3) is 0 Å². The van der Waals surface area contributed by atoms with E-state index in [1.165, 1.54) is 7.11 Å². The smallest absolute Gasteiger partial charge is 0.305 e. The van der Waals surface area contributed by atoms with Crippen LogP contribution in [0, 0.1) is 0 Å². The minimum absolute atomic E-state index is 0.101. The van der Waals surface area contributed by atoms with E-state index in [9.17, 15) is 9.59 Å². The molecule has 1 fully saturated rings. The molecule has 0 aliphatic carbocycles. The SMILES string of the molecule is COc1cc(C(=O)N2CC(OC)CC2CC(=O)O)ccc1Cl. The zero-order chi connectivity index (χ0) is 16.3. The summed E-state index contributed by atoms with van der Waals surface area (Å²) in [6.07, 6.45) is 0.262. The molecule has 1 aromatic carbocycles. The lowest BCUT2D eigenvalue weighted by Crippen LogP contribution is -2.37. The van der Waals surface area contributed by atoms with E-state index < -0.39 is 5.97 Å². The van der Waals surface area contributed by atoms with Crippen LogP contribution in [0.5, 0.6) is 5.75 Å². The highest BCUT2D eigenvalue weighted by molar-refractivity contribution is 6.32. The molecule has 0 radical (unpaired) electrons. The predicted molar refractivity (Wildman–Crippen MR) is 80.5 cm³/mol. The van der Waals surface area contributed by atoms with Crippen molar-refractivity contribution in [1.29, 1.82) is 0 Å². The fourth-order valence-corrected chi connectivity index (χ4v) is 2.84. The number of likely N-dealkylation sites (tertiary alicyclic amines) is 1. The first-order valence-electron chi connectivity index (χ1n) is 6.85. The molecule has 2 unspecified atom stereocenters. The summed E-state index contributed by atoms with van der Waals surface area (Å²) < 4.78 is 10.4. The Balaban J connectivity index is 2.24. The van der Waals surface area contributed by atoms with Gasteiger partial charge in [-0.2, -0.15) is 0 Å². The molecule has 6 nitrogen and oxygen atoms in total. The van der Waals surface area contributed by atoms with Gasteiger partial charge in [-0.15, -0.1) is 0 Å². The van der Waals surface area contributed by atoms with E-state index >= 15 is 0 Å². The Morgan fingerprint density at radius 3 is 2.73 bits per heavy atom. The van der Waals surface area contributed by atoms with Crippen molar-refractivity contribution in [3.63, 3.8) is 0 Å². The summed E-state index contributed by atoms with van der Waals surface area (Å²) >= 11 is 5.96. The number of amides is 1. The van der Waals surface area contributed by atoms with E-state index in [-0.39, 0.29) is 24.5 Å². The molecule has 2 atom stereocenters. The summed E-state index contributed by atoms with van der Waals surface area (Å²) in [5.74, 6) is -0.779. The molecule has 22 heavy (non-hydrogen) atoms. The van der Waals surface area contributed by atoms with Crippen molar-refractivity contribution in [1.82, 2.24) is 4.90 Å². The highest BCUT2D eigenvalue weighted by atomic mass is 35.5. The molecule has 1 amide bonds. The van der Waals surface area contributed by atoms with Crippen LogP contribution in [0.3, 0.4) is 0 Å². The second kappa shape index (κ2) is 6.98. The Bertz CT molecular complexity index is 577. The zero-order valence-electron chi connectivity index (χ0n) is 12.4. The average Bonchev–Trinajstić information content (AvgIpc) is 2.89. The van der Waals surface area contributed by atoms with Crippen LogP contribution in [0.2, 0.25) is 5.02 Å². The minimum atomic E-state index is -0.937. The van der Waals surface area contributed by atoms with Crippen LogP contribution >= 0.6 is 11.6 Å². The van der Waals surface area contributed by atoms with Gasteiger partial charge in [-0.1, -0.05) is 11.6 Å². The first kappa shape index (κ1) is 16.6. The molecule has 0 saturated carbocycles. The van der Waals surface area contributed by atoms with Crippen LogP contribution < -0.4 is 4.74 Å². The molecular weight excluding hydrogens is 310 g/mol. The van der Waals surface area contributed by atoms with Crippen molar-refractivity contribution in [2.24, 2.45) is 0 Å². The van der Waals surface area contributed by atoms with Crippen molar-refractivity contribution in [2.75, 3.05) is 20.8 Å². The first-order valence-corrected chi connectivity index (χ1v) is 7.23. The van der Waals surface area contributed by atoms with Gasteiger partial charge in [0.2, 0.25) is 0 Å². The maximum atomic E-state index is 12.7. The van der Waals surface area contributed by atoms with Crippen molar-refractivity contribution >= 4 is 23.5 Å². The molecule has 1 aromatic rings. The van der Waals surface area contributed by atoms with E-state index in [0.29, 0.717) is 29.3 Å². The molecule has 0 bridgehead atoms. The Morgan fingerprint density at radius 2 is 2.14 bits per heavy atom. The van der Waals surface area contributed by atoms with Crippen molar-refractivity contribution in [3.8, 4) is 5.75 Å². The lowest BCUT2D eigenvalue weighted by atomic mass is 10.1. The fraction of sp³-hybridized carbons (Fsp3) is 0.467. The number of carboxylic acids is 1. The molecule has 1 saturated heterocycles. The molecule has 1 aliphatic heterocycles. The Hall–Kier alpha value is -1.79. The van der Waals surface area contributed by atoms with E-state index in [0.717, 1.165) is 0 Å². The van der Waals surface area contributed by atoms with Crippen molar-refractivity contribution < 1.29 is 24.2 Å². The Kier molecular flexibility index (Phi) is 5.26. The third kappa shape index (κ3) is 3.51. The molecule has 7 heteroatoms. The normalized spacial score (nSPS) is 21.0. The van der Waals surface area contributed by atoms with Gasteiger partial charge >= 0.3 is 5.97 Å². The molecule has 0 aromatic heterocycles. The van der Waals surface area contributed by atoms with Gasteiger partial charge in [-0.05, 0) is 24.6 Å². The van der Waals surface area contributed by atoms with Crippen LogP contribution in [0.1, 0.15) is 23.2 Å². The number of nitrogens with zero attached hydrogens (tertiary/aromatic N) is 1. The van der Waals surface area contributed by atoms with Gasteiger partial charge in [-0.3, -0.25) is 9.59 Å². The average molecular weight is 328 g/mol. The van der Waals surface area contributed by atoms with Crippen LogP contribution in [-0.2, 0) is 9.53 Å². The van der Waals surface area contributed by atoms with Gasteiger partial charge in [0, 0.05) is 25.3 Å². The van der Waals surface area contributed by atoms with Gasteiger partial charge in [0.05, 0.1) is 24.7 Å². The summed E-state index contributed by atoms with van der Waals surface area (Å²) in [4.78, 5) is 25.2. The Morgan fingerprint density at radius 1 is 1.41 bits per heavy atom.